The number of halogens is 2. The van der Waals surface area contributed by atoms with Gasteiger partial charge in [-0.05, 0) is 29.9 Å². The molecule has 160 valence electrons. The van der Waals surface area contributed by atoms with E-state index in [0.29, 0.717) is 18.5 Å². The predicted molar refractivity (Wildman–Crippen MR) is 113 cm³/mol. The average molecular weight is 434 g/mol. The Kier molecular flexibility index (Phi) is 5.14. The van der Waals surface area contributed by atoms with Gasteiger partial charge in [0.15, 0.2) is 5.01 Å². The van der Waals surface area contributed by atoms with Gasteiger partial charge in [-0.3, -0.25) is 4.79 Å². The molecule has 3 N–H and O–H groups in total. The molecule has 30 heavy (non-hydrogen) atoms. The zero-order valence-corrected chi connectivity index (χ0v) is 18.0. The van der Waals surface area contributed by atoms with Gasteiger partial charge < -0.3 is 11.1 Å². The van der Waals surface area contributed by atoms with Crippen LogP contribution in [-0.4, -0.2) is 38.5 Å². The molecule has 0 saturated heterocycles. The number of thiazole rings is 1. The van der Waals surface area contributed by atoms with Gasteiger partial charge in [-0.15, -0.1) is 11.3 Å². The molecule has 2 atom stereocenters. The lowest BCUT2D eigenvalue weighted by molar-refractivity contribution is -0.0674. The summed E-state index contributed by atoms with van der Waals surface area (Å²) in [5, 5.41) is 8.69. The summed E-state index contributed by atoms with van der Waals surface area (Å²) >= 11 is 1.12. The average Bonchev–Trinajstić information content (AvgIpc) is 3.30. The van der Waals surface area contributed by atoms with Gasteiger partial charge in [-0.1, -0.05) is 26.8 Å². The Morgan fingerprint density at radius 2 is 2.13 bits per heavy atom. The molecule has 0 spiro atoms. The van der Waals surface area contributed by atoms with Gasteiger partial charge in [-0.2, -0.15) is 5.10 Å². The van der Waals surface area contributed by atoms with E-state index in [1.807, 2.05) is 18.3 Å². The van der Waals surface area contributed by atoms with Gasteiger partial charge >= 0.3 is 0 Å². The van der Waals surface area contributed by atoms with Crippen LogP contribution in [0.2, 0.25) is 0 Å². The molecule has 0 aliphatic heterocycles. The molecule has 3 aromatic heterocycles. The van der Waals surface area contributed by atoms with Crippen molar-refractivity contribution in [3.05, 3.63) is 40.5 Å². The van der Waals surface area contributed by atoms with Gasteiger partial charge in [0.1, 0.15) is 6.04 Å². The molecule has 0 bridgehead atoms. The van der Waals surface area contributed by atoms with Crippen molar-refractivity contribution in [1.29, 1.82) is 0 Å². The predicted octanol–water partition coefficient (Wildman–Crippen LogP) is 4.00. The molecular formula is C21H25F2N5OS. The fraction of sp³-hybridized carbons (Fsp3) is 0.476. The molecule has 1 saturated carbocycles. The third kappa shape index (κ3) is 3.83. The molecule has 3 aromatic rings. The van der Waals surface area contributed by atoms with Gasteiger partial charge in [0.25, 0.3) is 11.8 Å². The van der Waals surface area contributed by atoms with Crippen LogP contribution in [0.1, 0.15) is 55.4 Å². The molecule has 4 rings (SSSR count). The second-order valence-electron chi connectivity index (χ2n) is 8.86. The van der Waals surface area contributed by atoms with Gasteiger partial charge in [0.05, 0.1) is 17.4 Å². The lowest BCUT2D eigenvalue weighted by Crippen LogP contribution is -2.59. The van der Waals surface area contributed by atoms with E-state index in [1.54, 1.807) is 16.1 Å². The smallest absolute Gasteiger partial charge is 0.280 e. The van der Waals surface area contributed by atoms with E-state index in [-0.39, 0.29) is 16.8 Å². The SMILES string of the molecule is CC(C)(C)c1ccc2c(-c3csc(C(=O)NC4C(N)CCCC4(F)F)n3)cnn2c1. The summed E-state index contributed by atoms with van der Waals surface area (Å²) in [6, 6.07) is 1.88. The summed E-state index contributed by atoms with van der Waals surface area (Å²) in [7, 11) is 0. The maximum Gasteiger partial charge on any atom is 0.280 e. The molecule has 1 aliphatic carbocycles. The largest absolute Gasteiger partial charge is 0.340 e. The van der Waals surface area contributed by atoms with E-state index >= 15 is 0 Å². The number of amides is 1. The van der Waals surface area contributed by atoms with Gasteiger partial charge in [0, 0.05) is 29.6 Å². The Morgan fingerprint density at radius 1 is 1.37 bits per heavy atom. The zero-order chi connectivity index (χ0) is 21.7. The second-order valence-corrected chi connectivity index (χ2v) is 9.72. The molecule has 2 unspecified atom stereocenters. The zero-order valence-electron chi connectivity index (χ0n) is 17.2. The van der Waals surface area contributed by atoms with Crippen molar-refractivity contribution in [1.82, 2.24) is 19.9 Å². The summed E-state index contributed by atoms with van der Waals surface area (Å²) in [4.78, 5) is 17.0. The van der Waals surface area contributed by atoms with Crippen LogP contribution in [0.5, 0.6) is 0 Å². The van der Waals surface area contributed by atoms with E-state index in [1.165, 1.54) is 0 Å². The van der Waals surface area contributed by atoms with Crippen LogP contribution in [0.25, 0.3) is 16.8 Å². The van der Waals surface area contributed by atoms with E-state index in [2.05, 4.69) is 36.2 Å². The molecule has 9 heteroatoms. The monoisotopic (exact) mass is 433 g/mol. The van der Waals surface area contributed by atoms with Crippen molar-refractivity contribution in [2.45, 2.75) is 63.5 Å². The first-order valence-corrected chi connectivity index (χ1v) is 10.8. The molecule has 1 amide bonds. The van der Waals surface area contributed by atoms with E-state index in [4.69, 9.17) is 5.73 Å². The maximum absolute atomic E-state index is 14.2. The summed E-state index contributed by atoms with van der Waals surface area (Å²) in [5.41, 5.74) is 9.22. The van der Waals surface area contributed by atoms with Crippen molar-refractivity contribution < 1.29 is 13.6 Å². The van der Waals surface area contributed by atoms with Crippen LogP contribution < -0.4 is 11.1 Å². The Morgan fingerprint density at radius 3 is 2.83 bits per heavy atom. The number of aromatic nitrogens is 3. The molecular weight excluding hydrogens is 408 g/mol. The number of alkyl halides is 2. The molecule has 6 nitrogen and oxygen atoms in total. The second kappa shape index (κ2) is 7.39. The quantitative estimate of drug-likeness (QED) is 0.654. The Labute approximate surface area is 177 Å². The molecule has 1 aliphatic rings. The number of nitrogens with zero attached hydrogens (tertiary/aromatic N) is 3. The standard InChI is InChI=1S/C21H25F2N5OS/c1-20(2,3)12-6-7-16-13(9-25-28(16)10-12)15-11-30-19(26-15)18(29)27-17-14(24)5-4-8-21(17,22)23/h6-7,9-11,14,17H,4-5,8,24H2,1-3H3,(H,27,29). The van der Waals surface area contributed by atoms with Crippen molar-refractivity contribution >= 4 is 22.8 Å². The summed E-state index contributed by atoms with van der Waals surface area (Å²) in [6.07, 6.45) is 4.22. The first-order valence-electron chi connectivity index (χ1n) is 9.94. The van der Waals surface area contributed by atoms with Crippen LogP contribution >= 0.6 is 11.3 Å². The summed E-state index contributed by atoms with van der Waals surface area (Å²) in [6.45, 7) is 6.39. The topological polar surface area (TPSA) is 85.3 Å². The van der Waals surface area contributed by atoms with E-state index in [9.17, 15) is 13.6 Å². The van der Waals surface area contributed by atoms with Crippen LogP contribution in [0, 0.1) is 0 Å². The fourth-order valence-corrected chi connectivity index (χ4v) is 4.47. The lowest BCUT2D eigenvalue weighted by Gasteiger charge is -2.36. The summed E-state index contributed by atoms with van der Waals surface area (Å²) in [5.74, 6) is -3.64. The van der Waals surface area contributed by atoms with Crippen LogP contribution in [0.4, 0.5) is 8.78 Å². The van der Waals surface area contributed by atoms with Gasteiger partial charge in [0.2, 0.25) is 0 Å². The fourth-order valence-electron chi connectivity index (χ4n) is 3.75. The molecule has 0 aromatic carbocycles. The van der Waals surface area contributed by atoms with Crippen molar-refractivity contribution in [3.8, 4) is 11.3 Å². The highest BCUT2D eigenvalue weighted by Crippen LogP contribution is 2.34. The Bertz CT molecular complexity index is 1080. The number of hydrogen-bond acceptors (Lipinski definition) is 5. The third-order valence-electron chi connectivity index (χ3n) is 5.57. The minimum Gasteiger partial charge on any atom is -0.340 e. The number of fused-ring (bicyclic) bond motifs is 1. The highest BCUT2D eigenvalue weighted by Gasteiger charge is 2.46. The number of carbonyl (C=O) groups is 1. The Hall–Kier alpha value is -2.39. The maximum atomic E-state index is 14.2. The number of nitrogens with two attached hydrogens (primary N) is 1. The number of nitrogens with one attached hydrogen (secondary N) is 1. The summed E-state index contributed by atoms with van der Waals surface area (Å²) < 4.78 is 30.2. The minimum absolute atomic E-state index is 0.00573. The third-order valence-corrected chi connectivity index (χ3v) is 6.41. The van der Waals surface area contributed by atoms with Crippen molar-refractivity contribution in [2.75, 3.05) is 0 Å². The highest BCUT2D eigenvalue weighted by atomic mass is 32.1. The van der Waals surface area contributed by atoms with Crippen molar-refractivity contribution in [3.63, 3.8) is 0 Å². The number of rotatable bonds is 3. The molecule has 1 fully saturated rings. The van der Waals surface area contributed by atoms with Crippen LogP contribution in [0.15, 0.2) is 29.9 Å². The van der Waals surface area contributed by atoms with Crippen molar-refractivity contribution in [2.24, 2.45) is 5.73 Å². The molecule has 3 heterocycles. The minimum atomic E-state index is -3.01. The normalized spacial score (nSPS) is 21.7. The van der Waals surface area contributed by atoms with E-state index < -0.39 is 23.9 Å². The number of pyridine rings is 1. The highest BCUT2D eigenvalue weighted by molar-refractivity contribution is 7.12. The van der Waals surface area contributed by atoms with Gasteiger partial charge in [-0.25, -0.2) is 18.3 Å². The van der Waals surface area contributed by atoms with Crippen LogP contribution in [0.3, 0.4) is 0 Å². The first-order chi connectivity index (χ1) is 14.1. The number of carbonyl (C=O) groups excluding carboxylic acids is 1. The first kappa shape index (κ1) is 20.9. The Balaban J connectivity index is 1.57. The lowest BCUT2D eigenvalue weighted by atomic mass is 9.87. The van der Waals surface area contributed by atoms with E-state index in [0.717, 1.165) is 28.0 Å². The van der Waals surface area contributed by atoms with Crippen LogP contribution in [-0.2, 0) is 5.41 Å². The number of hydrogen-bond donors (Lipinski definition) is 2. The molecule has 0 radical (unpaired) electrons.